The van der Waals surface area contributed by atoms with Crippen LogP contribution in [-0.2, 0) is 0 Å². The number of hydrogen-bond acceptors (Lipinski definition) is 4. The van der Waals surface area contributed by atoms with Gasteiger partial charge in [-0.25, -0.2) is 0 Å². The summed E-state index contributed by atoms with van der Waals surface area (Å²) in [4.78, 5) is 0. The molecule has 0 aliphatic heterocycles. The third kappa shape index (κ3) is 2.86. The van der Waals surface area contributed by atoms with Gasteiger partial charge in [-0.05, 0) is 13.0 Å². The number of benzene rings is 1. The van der Waals surface area contributed by atoms with Crippen LogP contribution in [-0.4, -0.2) is 13.7 Å². The first-order valence-corrected chi connectivity index (χ1v) is 4.62. The Morgan fingerprint density at radius 2 is 2.27 bits per heavy atom. The third-order valence-corrected chi connectivity index (χ3v) is 2.00. The van der Waals surface area contributed by atoms with Crippen molar-refractivity contribution in [3.05, 3.63) is 23.8 Å². The Morgan fingerprint density at radius 3 is 2.80 bits per heavy atom. The summed E-state index contributed by atoms with van der Waals surface area (Å²) in [5.41, 5.74) is 6.64. The van der Waals surface area contributed by atoms with Gasteiger partial charge in [-0.15, -0.1) is 0 Å². The van der Waals surface area contributed by atoms with Gasteiger partial charge in [-0.1, -0.05) is 6.07 Å². The molecule has 0 saturated carbocycles. The maximum Gasteiger partial charge on any atom is 0.174 e. The fourth-order valence-electron chi connectivity index (χ4n) is 1.25. The molecule has 80 valence electrons. The first-order chi connectivity index (χ1) is 7.19. The smallest absolute Gasteiger partial charge is 0.174 e. The maximum absolute atomic E-state index is 8.45. The molecule has 0 aromatic heterocycles. The van der Waals surface area contributed by atoms with E-state index in [1.165, 1.54) is 0 Å². The van der Waals surface area contributed by atoms with Gasteiger partial charge in [0, 0.05) is 17.7 Å². The molecule has 1 unspecified atom stereocenters. The van der Waals surface area contributed by atoms with E-state index in [4.69, 9.17) is 20.5 Å². The first-order valence-electron chi connectivity index (χ1n) is 4.62. The molecular weight excluding hydrogens is 192 g/mol. The van der Waals surface area contributed by atoms with Crippen molar-refractivity contribution in [1.29, 1.82) is 5.26 Å². The summed E-state index contributed by atoms with van der Waals surface area (Å²) < 4.78 is 10.3. The quantitative estimate of drug-likeness (QED) is 0.812. The Morgan fingerprint density at radius 1 is 1.53 bits per heavy atom. The van der Waals surface area contributed by atoms with Gasteiger partial charge in [0.05, 0.1) is 7.11 Å². The Hall–Kier alpha value is -1.73. The van der Waals surface area contributed by atoms with Gasteiger partial charge in [-0.3, -0.25) is 0 Å². The third-order valence-electron chi connectivity index (χ3n) is 2.00. The normalized spacial score (nSPS) is 11.6. The standard InChI is InChI=1S/C11H14N2O2/c1-8(13)10-4-3-9(14-2)7-11(10)15-6-5-12/h3-4,7-8H,6,13H2,1-2H3. The highest BCUT2D eigenvalue weighted by molar-refractivity contribution is 5.42. The zero-order valence-corrected chi connectivity index (χ0v) is 8.86. The van der Waals surface area contributed by atoms with Crippen LogP contribution in [0.1, 0.15) is 18.5 Å². The summed E-state index contributed by atoms with van der Waals surface area (Å²) in [7, 11) is 1.58. The highest BCUT2D eigenvalue weighted by Crippen LogP contribution is 2.28. The lowest BCUT2D eigenvalue weighted by Gasteiger charge is -2.13. The number of hydrogen-bond donors (Lipinski definition) is 1. The van der Waals surface area contributed by atoms with E-state index in [0.717, 1.165) is 5.56 Å². The van der Waals surface area contributed by atoms with E-state index >= 15 is 0 Å². The van der Waals surface area contributed by atoms with E-state index in [0.29, 0.717) is 11.5 Å². The SMILES string of the molecule is COc1ccc(C(C)N)c(OCC#N)c1. The molecule has 0 aliphatic rings. The molecule has 2 N–H and O–H groups in total. The van der Waals surface area contributed by atoms with Crippen LogP contribution < -0.4 is 15.2 Å². The van der Waals surface area contributed by atoms with Gasteiger partial charge in [0.2, 0.25) is 0 Å². The summed E-state index contributed by atoms with van der Waals surface area (Å²) >= 11 is 0. The molecule has 0 heterocycles. The maximum atomic E-state index is 8.45. The number of rotatable bonds is 4. The molecule has 1 rings (SSSR count). The molecule has 4 heteroatoms. The van der Waals surface area contributed by atoms with E-state index in [2.05, 4.69) is 0 Å². The van der Waals surface area contributed by atoms with Crippen LogP contribution in [0.15, 0.2) is 18.2 Å². The number of nitriles is 1. The Bertz CT molecular complexity index is 369. The van der Waals surface area contributed by atoms with Gasteiger partial charge in [0.1, 0.15) is 17.6 Å². The van der Waals surface area contributed by atoms with Crippen LogP contribution in [0, 0.1) is 11.3 Å². The second-order valence-corrected chi connectivity index (χ2v) is 3.14. The van der Waals surface area contributed by atoms with Crippen LogP contribution in [0.4, 0.5) is 0 Å². The van der Waals surface area contributed by atoms with E-state index in [1.807, 2.05) is 25.1 Å². The van der Waals surface area contributed by atoms with E-state index in [-0.39, 0.29) is 12.6 Å². The van der Waals surface area contributed by atoms with E-state index in [1.54, 1.807) is 13.2 Å². The molecule has 0 radical (unpaired) electrons. The molecule has 0 aliphatic carbocycles. The van der Waals surface area contributed by atoms with Gasteiger partial charge >= 0.3 is 0 Å². The molecule has 1 aromatic rings. The van der Waals surface area contributed by atoms with Crippen LogP contribution in [0.25, 0.3) is 0 Å². The number of ether oxygens (including phenoxy) is 2. The molecule has 0 fully saturated rings. The zero-order valence-electron chi connectivity index (χ0n) is 8.86. The Balaban J connectivity index is 3.00. The van der Waals surface area contributed by atoms with Crippen LogP contribution in [0.5, 0.6) is 11.5 Å². The lowest BCUT2D eigenvalue weighted by molar-refractivity contribution is 0.355. The summed E-state index contributed by atoms with van der Waals surface area (Å²) in [5.74, 6) is 1.29. The molecule has 0 saturated heterocycles. The lowest BCUT2D eigenvalue weighted by Crippen LogP contribution is -2.08. The number of nitrogens with two attached hydrogens (primary N) is 1. The minimum atomic E-state index is -0.135. The summed E-state index contributed by atoms with van der Waals surface area (Å²) in [6.45, 7) is 1.87. The molecular formula is C11H14N2O2. The summed E-state index contributed by atoms with van der Waals surface area (Å²) in [6, 6.07) is 7.17. The van der Waals surface area contributed by atoms with Crippen LogP contribution in [0.2, 0.25) is 0 Å². The van der Waals surface area contributed by atoms with Crippen molar-refractivity contribution in [2.45, 2.75) is 13.0 Å². The topological polar surface area (TPSA) is 68.3 Å². The van der Waals surface area contributed by atoms with Crippen molar-refractivity contribution in [2.75, 3.05) is 13.7 Å². The molecule has 0 spiro atoms. The lowest BCUT2D eigenvalue weighted by atomic mass is 10.1. The van der Waals surface area contributed by atoms with Crippen molar-refractivity contribution >= 4 is 0 Å². The van der Waals surface area contributed by atoms with Crippen molar-refractivity contribution < 1.29 is 9.47 Å². The highest BCUT2D eigenvalue weighted by atomic mass is 16.5. The highest BCUT2D eigenvalue weighted by Gasteiger charge is 2.09. The van der Waals surface area contributed by atoms with Crippen molar-refractivity contribution in [3.63, 3.8) is 0 Å². The number of nitrogens with zero attached hydrogens (tertiary/aromatic N) is 1. The van der Waals surface area contributed by atoms with Gasteiger partial charge in [0.15, 0.2) is 6.61 Å². The van der Waals surface area contributed by atoms with E-state index < -0.39 is 0 Å². The summed E-state index contributed by atoms with van der Waals surface area (Å²) in [6.07, 6.45) is 0. The Labute approximate surface area is 89.2 Å². The minimum Gasteiger partial charge on any atom is -0.497 e. The van der Waals surface area contributed by atoms with Gasteiger partial charge in [0.25, 0.3) is 0 Å². The first kappa shape index (κ1) is 11.3. The van der Waals surface area contributed by atoms with E-state index in [9.17, 15) is 0 Å². The van der Waals surface area contributed by atoms with Gasteiger partial charge < -0.3 is 15.2 Å². The van der Waals surface area contributed by atoms with Crippen molar-refractivity contribution in [3.8, 4) is 17.6 Å². The van der Waals surface area contributed by atoms with Crippen LogP contribution in [0.3, 0.4) is 0 Å². The average Bonchev–Trinajstić information content (AvgIpc) is 2.25. The Kier molecular flexibility index (Phi) is 3.95. The fraction of sp³-hybridized carbons (Fsp3) is 0.364. The predicted octanol–water partition coefficient (Wildman–Crippen LogP) is 1.62. The molecule has 1 atom stereocenters. The fourth-order valence-corrected chi connectivity index (χ4v) is 1.25. The number of methoxy groups -OCH3 is 1. The molecule has 15 heavy (non-hydrogen) atoms. The monoisotopic (exact) mass is 206 g/mol. The molecule has 0 bridgehead atoms. The largest absolute Gasteiger partial charge is 0.497 e. The molecule has 0 amide bonds. The van der Waals surface area contributed by atoms with Crippen LogP contribution >= 0.6 is 0 Å². The predicted molar refractivity (Wildman–Crippen MR) is 56.7 cm³/mol. The average molecular weight is 206 g/mol. The zero-order chi connectivity index (χ0) is 11.3. The van der Waals surface area contributed by atoms with Crippen molar-refractivity contribution in [2.24, 2.45) is 5.73 Å². The van der Waals surface area contributed by atoms with Gasteiger partial charge in [-0.2, -0.15) is 5.26 Å². The second-order valence-electron chi connectivity index (χ2n) is 3.14. The van der Waals surface area contributed by atoms with Crippen molar-refractivity contribution in [1.82, 2.24) is 0 Å². The molecule has 4 nitrogen and oxygen atoms in total. The second kappa shape index (κ2) is 5.23. The summed E-state index contributed by atoms with van der Waals surface area (Å²) in [5, 5.41) is 8.45. The molecule has 1 aromatic carbocycles. The minimum absolute atomic E-state index is 0.00683.